The first-order chi connectivity index (χ1) is 7.08. The van der Waals surface area contributed by atoms with E-state index >= 15 is 0 Å². The standard InChI is InChI=1S/C10H13N5/c1-6-4-9(11)10(12-5-6)15-8(3)13-7(2)14-15/h4-5H,11H2,1-3H3. The number of aromatic nitrogens is 4. The molecule has 5 nitrogen and oxygen atoms in total. The van der Waals surface area contributed by atoms with Gasteiger partial charge in [-0.1, -0.05) is 0 Å². The summed E-state index contributed by atoms with van der Waals surface area (Å²) in [6.07, 6.45) is 1.77. The first-order valence-corrected chi connectivity index (χ1v) is 4.70. The molecule has 0 saturated heterocycles. The van der Waals surface area contributed by atoms with Crippen LogP contribution >= 0.6 is 0 Å². The molecule has 2 N–H and O–H groups in total. The Kier molecular flexibility index (Phi) is 2.15. The normalized spacial score (nSPS) is 10.6. The summed E-state index contributed by atoms with van der Waals surface area (Å²) in [5, 5.41) is 4.23. The van der Waals surface area contributed by atoms with E-state index in [2.05, 4.69) is 15.1 Å². The second kappa shape index (κ2) is 3.34. The average Bonchev–Trinajstić information content (AvgIpc) is 2.45. The average molecular weight is 203 g/mol. The number of nitrogens with zero attached hydrogens (tertiary/aromatic N) is 4. The highest BCUT2D eigenvalue weighted by molar-refractivity contribution is 5.53. The molecule has 0 aliphatic rings. The van der Waals surface area contributed by atoms with Gasteiger partial charge in [-0.05, 0) is 32.4 Å². The molecule has 0 saturated carbocycles. The van der Waals surface area contributed by atoms with E-state index < -0.39 is 0 Å². The van der Waals surface area contributed by atoms with Crippen LogP contribution in [0.2, 0.25) is 0 Å². The second-order valence-electron chi connectivity index (χ2n) is 3.54. The highest BCUT2D eigenvalue weighted by Crippen LogP contribution is 2.15. The van der Waals surface area contributed by atoms with Crippen LogP contribution in [0.4, 0.5) is 5.69 Å². The molecule has 2 rings (SSSR count). The SMILES string of the molecule is Cc1cnc(-n2nc(C)nc2C)c(N)c1. The van der Waals surface area contributed by atoms with Crippen molar-refractivity contribution < 1.29 is 0 Å². The first-order valence-electron chi connectivity index (χ1n) is 4.70. The van der Waals surface area contributed by atoms with Gasteiger partial charge in [0.2, 0.25) is 0 Å². The summed E-state index contributed by atoms with van der Waals surface area (Å²) < 4.78 is 1.66. The minimum absolute atomic E-state index is 0.614. The molecule has 0 atom stereocenters. The molecule has 0 aliphatic heterocycles. The van der Waals surface area contributed by atoms with E-state index in [1.807, 2.05) is 26.8 Å². The van der Waals surface area contributed by atoms with Crippen LogP contribution < -0.4 is 5.73 Å². The summed E-state index contributed by atoms with van der Waals surface area (Å²) in [6.45, 7) is 5.67. The quantitative estimate of drug-likeness (QED) is 0.755. The Morgan fingerprint density at radius 1 is 1.27 bits per heavy atom. The highest BCUT2D eigenvalue weighted by atomic mass is 15.4. The van der Waals surface area contributed by atoms with Crippen molar-refractivity contribution in [3.8, 4) is 5.82 Å². The molecule has 0 bridgehead atoms. The smallest absolute Gasteiger partial charge is 0.178 e. The van der Waals surface area contributed by atoms with E-state index in [1.165, 1.54) is 0 Å². The maximum Gasteiger partial charge on any atom is 0.178 e. The van der Waals surface area contributed by atoms with Gasteiger partial charge < -0.3 is 5.73 Å². The number of nitrogen functional groups attached to an aromatic ring is 1. The fourth-order valence-electron chi connectivity index (χ4n) is 1.48. The Bertz CT molecular complexity index is 501. The minimum Gasteiger partial charge on any atom is -0.396 e. The van der Waals surface area contributed by atoms with Crippen LogP contribution in [-0.4, -0.2) is 19.7 Å². The van der Waals surface area contributed by atoms with Gasteiger partial charge in [-0.15, -0.1) is 5.10 Å². The van der Waals surface area contributed by atoms with Crippen molar-refractivity contribution in [1.82, 2.24) is 19.7 Å². The van der Waals surface area contributed by atoms with Crippen LogP contribution in [0, 0.1) is 20.8 Å². The minimum atomic E-state index is 0.614. The molecular formula is C10H13N5. The molecule has 0 radical (unpaired) electrons. The van der Waals surface area contributed by atoms with E-state index in [-0.39, 0.29) is 0 Å². The summed E-state index contributed by atoms with van der Waals surface area (Å²) in [6, 6.07) is 1.87. The van der Waals surface area contributed by atoms with E-state index in [1.54, 1.807) is 10.9 Å². The largest absolute Gasteiger partial charge is 0.396 e. The van der Waals surface area contributed by atoms with Crippen molar-refractivity contribution in [2.24, 2.45) is 0 Å². The van der Waals surface area contributed by atoms with Crippen molar-refractivity contribution in [3.63, 3.8) is 0 Å². The van der Waals surface area contributed by atoms with Crippen LogP contribution in [0.1, 0.15) is 17.2 Å². The molecule has 0 fully saturated rings. The number of hydrogen-bond donors (Lipinski definition) is 1. The molecule has 15 heavy (non-hydrogen) atoms. The Balaban J connectivity index is 2.59. The summed E-state index contributed by atoms with van der Waals surface area (Å²) in [7, 11) is 0. The van der Waals surface area contributed by atoms with Crippen molar-refractivity contribution >= 4 is 5.69 Å². The lowest BCUT2D eigenvalue weighted by atomic mass is 10.3. The first kappa shape index (κ1) is 9.64. The number of rotatable bonds is 1. The molecule has 2 aromatic rings. The zero-order valence-corrected chi connectivity index (χ0v) is 9.02. The predicted molar refractivity (Wildman–Crippen MR) is 57.8 cm³/mol. The van der Waals surface area contributed by atoms with Gasteiger partial charge in [0.15, 0.2) is 5.82 Å². The van der Waals surface area contributed by atoms with Crippen LogP contribution in [0.15, 0.2) is 12.3 Å². The zero-order chi connectivity index (χ0) is 11.0. The fourth-order valence-corrected chi connectivity index (χ4v) is 1.48. The molecule has 0 aromatic carbocycles. The maximum absolute atomic E-state index is 5.88. The maximum atomic E-state index is 5.88. The summed E-state index contributed by atoms with van der Waals surface area (Å²) in [4.78, 5) is 8.46. The third-order valence-electron chi connectivity index (χ3n) is 2.11. The molecule has 0 amide bonds. The number of pyridine rings is 1. The third-order valence-corrected chi connectivity index (χ3v) is 2.11. The van der Waals surface area contributed by atoms with Gasteiger partial charge in [-0.25, -0.2) is 9.97 Å². The van der Waals surface area contributed by atoms with Crippen LogP contribution in [0.25, 0.3) is 5.82 Å². The van der Waals surface area contributed by atoms with E-state index in [0.717, 1.165) is 11.4 Å². The molecular weight excluding hydrogens is 190 g/mol. The molecule has 0 unspecified atom stereocenters. The van der Waals surface area contributed by atoms with Crippen molar-refractivity contribution in [1.29, 1.82) is 0 Å². The molecule has 2 heterocycles. The Morgan fingerprint density at radius 3 is 2.53 bits per heavy atom. The molecule has 0 spiro atoms. The molecule has 5 heteroatoms. The van der Waals surface area contributed by atoms with Crippen LogP contribution in [0.3, 0.4) is 0 Å². The molecule has 2 aromatic heterocycles. The van der Waals surface area contributed by atoms with E-state index in [0.29, 0.717) is 17.3 Å². The van der Waals surface area contributed by atoms with Crippen molar-refractivity contribution in [2.75, 3.05) is 5.73 Å². The lowest BCUT2D eigenvalue weighted by Crippen LogP contribution is -2.06. The highest BCUT2D eigenvalue weighted by Gasteiger charge is 2.09. The van der Waals surface area contributed by atoms with Crippen molar-refractivity contribution in [2.45, 2.75) is 20.8 Å². The number of hydrogen-bond acceptors (Lipinski definition) is 4. The summed E-state index contributed by atoms with van der Waals surface area (Å²) in [5.41, 5.74) is 7.53. The van der Waals surface area contributed by atoms with Gasteiger partial charge >= 0.3 is 0 Å². The van der Waals surface area contributed by atoms with Crippen LogP contribution in [-0.2, 0) is 0 Å². The Labute approximate surface area is 88.0 Å². The van der Waals surface area contributed by atoms with Gasteiger partial charge in [0.05, 0.1) is 5.69 Å². The van der Waals surface area contributed by atoms with Gasteiger partial charge in [-0.3, -0.25) is 0 Å². The van der Waals surface area contributed by atoms with Crippen molar-refractivity contribution in [3.05, 3.63) is 29.5 Å². The second-order valence-corrected chi connectivity index (χ2v) is 3.54. The van der Waals surface area contributed by atoms with Gasteiger partial charge in [0, 0.05) is 6.20 Å². The van der Waals surface area contributed by atoms with E-state index in [9.17, 15) is 0 Å². The lowest BCUT2D eigenvalue weighted by Gasteiger charge is -2.05. The fraction of sp³-hybridized carbons (Fsp3) is 0.300. The van der Waals surface area contributed by atoms with Crippen LogP contribution in [0.5, 0.6) is 0 Å². The number of aryl methyl sites for hydroxylation is 3. The lowest BCUT2D eigenvalue weighted by molar-refractivity contribution is 0.805. The van der Waals surface area contributed by atoms with Gasteiger partial charge in [0.1, 0.15) is 11.6 Å². The molecule has 78 valence electrons. The van der Waals surface area contributed by atoms with E-state index in [4.69, 9.17) is 5.73 Å². The zero-order valence-electron chi connectivity index (χ0n) is 9.02. The van der Waals surface area contributed by atoms with Gasteiger partial charge in [-0.2, -0.15) is 4.68 Å². The number of anilines is 1. The summed E-state index contributed by atoms with van der Waals surface area (Å²) >= 11 is 0. The summed E-state index contributed by atoms with van der Waals surface area (Å²) in [5.74, 6) is 2.14. The third kappa shape index (κ3) is 1.68. The monoisotopic (exact) mass is 203 g/mol. The molecule has 0 aliphatic carbocycles. The number of nitrogens with two attached hydrogens (primary N) is 1. The Hall–Kier alpha value is -1.91. The topological polar surface area (TPSA) is 69.6 Å². The van der Waals surface area contributed by atoms with Gasteiger partial charge in [0.25, 0.3) is 0 Å². The Morgan fingerprint density at radius 2 is 2.00 bits per heavy atom. The predicted octanol–water partition coefficient (Wildman–Crippen LogP) is 1.17.